The molecule has 2 rings (SSSR count). The predicted molar refractivity (Wildman–Crippen MR) is 82.3 cm³/mol. The van der Waals surface area contributed by atoms with Gasteiger partial charge in [0, 0.05) is 0 Å². The number of nitrogens with one attached hydrogen (secondary N) is 1. The van der Waals surface area contributed by atoms with Crippen molar-refractivity contribution in [2.45, 2.75) is 11.3 Å². The van der Waals surface area contributed by atoms with Crippen molar-refractivity contribution in [3.8, 4) is 5.75 Å². The lowest BCUT2D eigenvalue weighted by atomic mass is 10.2. The highest BCUT2D eigenvalue weighted by Gasteiger charge is 2.32. The third-order valence-electron chi connectivity index (χ3n) is 2.89. The lowest BCUT2D eigenvalue weighted by molar-refractivity contribution is -0.274. The van der Waals surface area contributed by atoms with Gasteiger partial charge in [-0.15, -0.1) is 13.2 Å². The smallest absolute Gasteiger partial charge is 0.478 e. The number of hydrogen-bond acceptors (Lipinski definition) is 4. The fraction of sp³-hybridized carbons (Fsp3) is 0.0714. The predicted octanol–water partition coefficient (Wildman–Crippen LogP) is 3.88. The monoisotopic (exact) mass is 413 g/mol. The Morgan fingerprint density at radius 3 is 2.38 bits per heavy atom. The highest BCUT2D eigenvalue weighted by Crippen LogP contribution is 2.33. The Hall–Kier alpha value is -2.53. The van der Waals surface area contributed by atoms with E-state index in [0.717, 1.165) is 36.4 Å². The molecule has 2 aromatic carbocycles. The van der Waals surface area contributed by atoms with Crippen LogP contribution in [0.4, 0.5) is 23.2 Å². The lowest BCUT2D eigenvalue weighted by Gasteiger charge is -2.13. The van der Waals surface area contributed by atoms with Gasteiger partial charge in [0.15, 0.2) is 5.82 Å². The van der Waals surface area contributed by atoms with Crippen LogP contribution >= 0.6 is 11.6 Å². The third kappa shape index (κ3) is 4.55. The molecule has 0 bridgehead atoms. The second-order valence-corrected chi connectivity index (χ2v) is 6.78. The first kappa shape index (κ1) is 19.8. The van der Waals surface area contributed by atoms with Crippen LogP contribution < -0.4 is 9.46 Å². The summed E-state index contributed by atoms with van der Waals surface area (Å²) in [5, 5.41) is 8.27. The summed E-state index contributed by atoms with van der Waals surface area (Å²) >= 11 is 5.60. The summed E-state index contributed by atoms with van der Waals surface area (Å²) in [6, 6.07) is 5.21. The summed E-state index contributed by atoms with van der Waals surface area (Å²) in [6.07, 6.45) is -4.99. The number of alkyl halides is 3. The number of benzene rings is 2. The molecule has 26 heavy (non-hydrogen) atoms. The molecule has 0 amide bonds. The average molecular weight is 414 g/mol. The van der Waals surface area contributed by atoms with Crippen molar-refractivity contribution < 1.29 is 40.6 Å². The Morgan fingerprint density at radius 1 is 1.19 bits per heavy atom. The zero-order chi connectivity index (χ0) is 19.7. The molecule has 2 N–H and O–H groups in total. The third-order valence-corrected chi connectivity index (χ3v) is 4.59. The van der Waals surface area contributed by atoms with Crippen molar-refractivity contribution in [1.29, 1.82) is 0 Å². The number of anilines is 1. The minimum Gasteiger partial charge on any atom is -0.478 e. The molecule has 0 saturated heterocycles. The van der Waals surface area contributed by atoms with Gasteiger partial charge in [-0.3, -0.25) is 4.72 Å². The maximum atomic E-state index is 14.1. The molecule has 12 heteroatoms. The Bertz CT molecular complexity index is 962. The van der Waals surface area contributed by atoms with Crippen molar-refractivity contribution in [3.05, 3.63) is 52.8 Å². The van der Waals surface area contributed by atoms with Crippen LogP contribution in [0.25, 0.3) is 0 Å². The van der Waals surface area contributed by atoms with Crippen LogP contribution in [0.5, 0.6) is 5.75 Å². The van der Waals surface area contributed by atoms with Crippen molar-refractivity contribution >= 4 is 33.3 Å². The molecular weight excluding hydrogens is 406 g/mol. The van der Waals surface area contributed by atoms with E-state index in [0.29, 0.717) is 0 Å². The number of carbonyl (C=O) groups is 1. The summed E-state index contributed by atoms with van der Waals surface area (Å²) in [5.74, 6) is -3.92. The molecule has 0 radical (unpaired) electrons. The van der Waals surface area contributed by atoms with Crippen molar-refractivity contribution in [3.63, 3.8) is 0 Å². The molecule has 0 unspecified atom stereocenters. The number of hydrogen-bond donors (Lipinski definition) is 2. The molecule has 0 fully saturated rings. The first-order valence-corrected chi connectivity index (χ1v) is 8.37. The maximum Gasteiger partial charge on any atom is 0.573 e. The maximum absolute atomic E-state index is 14.1. The SMILES string of the molecule is O=C(O)c1cccc(S(=O)(=O)Nc2ccc(OC(F)(F)F)c(Cl)c2)c1F. The van der Waals surface area contributed by atoms with Gasteiger partial charge in [-0.1, -0.05) is 17.7 Å². The van der Waals surface area contributed by atoms with E-state index in [9.17, 15) is 30.8 Å². The van der Waals surface area contributed by atoms with E-state index < -0.39 is 49.4 Å². The molecule has 0 spiro atoms. The van der Waals surface area contributed by atoms with Crippen molar-refractivity contribution in [1.82, 2.24) is 0 Å². The second kappa shape index (κ2) is 7.00. The van der Waals surface area contributed by atoms with E-state index >= 15 is 0 Å². The standard InChI is InChI=1S/C14H8ClF4NO5S/c15-9-6-7(4-5-10(9)25-14(17,18)19)20-26(23,24)11-3-1-2-8(12(11)16)13(21)22/h1-6,20H,(H,21,22). The Balaban J connectivity index is 2.35. The lowest BCUT2D eigenvalue weighted by Crippen LogP contribution is -2.18. The van der Waals surface area contributed by atoms with Crippen LogP contribution in [-0.2, 0) is 10.0 Å². The number of carboxylic acids is 1. The van der Waals surface area contributed by atoms with E-state index in [1.807, 2.05) is 4.72 Å². The second-order valence-electron chi connectivity index (χ2n) is 4.72. The largest absolute Gasteiger partial charge is 0.573 e. The van der Waals surface area contributed by atoms with Crippen LogP contribution in [0.1, 0.15) is 10.4 Å². The molecule has 0 aliphatic carbocycles. The molecule has 0 aliphatic heterocycles. The summed E-state index contributed by atoms with van der Waals surface area (Å²) in [7, 11) is -4.57. The number of halogens is 5. The minimum atomic E-state index is -4.99. The van der Waals surface area contributed by atoms with Gasteiger partial charge < -0.3 is 9.84 Å². The van der Waals surface area contributed by atoms with E-state index in [2.05, 4.69) is 4.74 Å². The molecule has 2 aromatic rings. The van der Waals surface area contributed by atoms with Crippen molar-refractivity contribution in [2.75, 3.05) is 4.72 Å². The molecule has 6 nitrogen and oxygen atoms in total. The number of ether oxygens (including phenoxy) is 1. The quantitative estimate of drug-likeness (QED) is 0.726. The first-order valence-electron chi connectivity index (χ1n) is 6.50. The summed E-state index contributed by atoms with van der Waals surface area (Å²) < 4.78 is 80.6. The first-order chi connectivity index (χ1) is 11.9. The Labute approximate surface area is 149 Å². The fourth-order valence-electron chi connectivity index (χ4n) is 1.87. The van der Waals surface area contributed by atoms with Gasteiger partial charge in [-0.05, 0) is 30.3 Å². The van der Waals surface area contributed by atoms with E-state index in [1.54, 1.807) is 0 Å². The number of carboxylic acid groups (broad SMARTS) is 1. The topological polar surface area (TPSA) is 92.7 Å². The summed E-state index contributed by atoms with van der Waals surface area (Å²) in [6.45, 7) is 0. The molecular formula is C14H8ClF4NO5S. The van der Waals surface area contributed by atoms with E-state index in [1.165, 1.54) is 0 Å². The molecule has 0 aromatic heterocycles. The van der Waals surface area contributed by atoms with Crippen LogP contribution in [0, 0.1) is 5.82 Å². The van der Waals surface area contributed by atoms with Gasteiger partial charge >= 0.3 is 12.3 Å². The molecule has 0 heterocycles. The summed E-state index contributed by atoms with van der Waals surface area (Å²) in [5.41, 5.74) is -1.15. The molecule has 0 aliphatic rings. The van der Waals surface area contributed by atoms with Crippen LogP contribution in [0.2, 0.25) is 5.02 Å². The van der Waals surface area contributed by atoms with Crippen molar-refractivity contribution in [2.24, 2.45) is 0 Å². The normalized spacial score (nSPS) is 11.9. The van der Waals surface area contributed by atoms with Gasteiger partial charge in [-0.25, -0.2) is 17.6 Å². The van der Waals surface area contributed by atoms with Gasteiger partial charge in [0.25, 0.3) is 10.0 Å². The van der Waals surface area contributed by atoms with E-state index in [-0.39, 0.29) is 5.69 Å². The van der Waals surface area contributed by atoms with Crippen LogP contribution in [0.15, 0.2) is 41.3 Å². The fourth-order valence-corrected chi connectivity index (χ4v) is 3.24. The Kier molecular flexibility index (Phi) is 5.33. The zero-order valence-electron chi connectivity index (χ0n) is 12.3. The zero-order valence-corrected chi connectivity index (χ0v) is 13.9. The van der Waals surface area contributed by atoms with Crippen LogP contribution in [-0.4, -0.2) is 25.9 Å². The number of aromatic carboxylic acids is 1. The van der Waals surface area contributed by atoms with Gasteiger partial charge in [0.05, 0.1) is 16.3 Å². The highest BCUT2D eigenvalue weighted by molar-refractivity contribution is 7.92. The van der Waals surface area contributed by atoms with Gasteiger partial charge in [0.2, 0.25) is 0 Å². The minimum absolute atomic E-state index is 0.287. The highest BCUT2D eigenvalue weighted by atomic mass is 35.5. The van der Waals surface area contributed by atoms with Gasteiger partial charge in [0.1, 0.15) is 10.6 Å². The molecule has 0 saturated carbocycles. The molecule has 0 atom stereocenters. The van der Waals surface area contributed by atoms with E-state index in [4.69, 9.17) is 16.7 Å². The number of sulfonamides is 1. The Morgan fingerprint density at radius 2 is 1.85 bits per heavy atom. The number of rotatable bonds is 5. The average Bonchev–Trinajstić information content (AvgIpc) is 2.48. The van der Waals surface area contributed by atoms with Crippen LogP contribution in [0.3, 0.4) is 0 Å². The molecule has 140 valence electrons. The summed E-state index contributed by atoms with van der Waals surface area (Å²) in [4.78, 5) is 9.92. The van der Waals surface area contributed by atoms with Gasteiger partial charge in [-0.2, -0.15) is 0 Å².